The highest BCUT2D eigenvalue weighted by Crippen LogP contribution is 2.12. The first kappa shape index (κ1) is 14.9. The van der Waals surface area contributed by atoms with Gasteiger partial charge in [0.2, 0.25) is 0 Å². The van der Waals surface area contributed by atoms with E-state index in [9.17, 15) is 4.79 Å². The third-order valence-electron chi connectivity index (χ3n) is 2.68. The number of nitrogen functional groups attached to an aromatic ring is 1. The SMILES string of the molecule is CCOCCc1nc(=O)cc(N)n1N=Nc1ccccc1. The molecular formula is C14H17N5O2. The lowest BCUT2D eigenvalue weighted by Gasteiger charge is -2.08. The smallest absolute Gasteiger partial charge is 0.275 e. The molecule has 110 valence electrons. The fourth-order valence-electron chi connectivity index (χ4n) is 1.71. The summed E-state index contributed by atoms with van der Waals surface area (Å²) in [6, 6.07) is 10.5. The minimum Gasteiger partial charge on any atom is -0.383 e. The van der Waals surface area contributed by atoms with Gasteiger partial charge < -0.3 is 10.5 Å². The summed E-state index contributed by atoms with van der Waals surface area (Å²) < 4.78 is 6.62. The van der Waals surface area contributed by atoms with Gasteiger partial charge in [0.05, 0.1) is 12.3 Å². The molecule has 0 radical (unpaired) electrons. The molecule has 0 saturated heterocycles. The van der Waals surface area contributed by atoms with E-state index >= 15 is 0 Å². The predicted molar refractivity (Wildman–Crippen MR) is 79.5 cm³/mol. The molecule has 0 spiro atoms. The number of benzene rings is 1. The van der Waals surface area contributed by atoms with E-state index in [-0.39, 0.29) is 5.82 Å². The first-order valence-electron chi connectivity index (χ1n) is 6.64. The first-order valence-corrected chi connectivity index (χ1v) is 6.64. The summed E-state index contributed by atoms with van der Waals surface area (Å²) in [6.45, 7) is 2.93. The van der Waals surface area contributed by atoms with Gasteiger partial charge in [0.25, 0.3) is 5.56 Å². The van der Waals surface area contributed by atoms with Crippen molar-refractivity contribution in [3.05, 3.63) is 52.6 Å². The molecular weight excluding hydrogens is 270 g/mol. The number of aromatic nitrogens is 2. The van der Waals surface area contributed by atoms with Crippen LogP contribution in [0.2, 0.25) is 0 Å². The molecule has 2 aromatic rings. The van der Waals surface area contributed by atoms with Gasteiger partial charge in [0.1, 0.15) is 11.6 Å². The number of nitrogens with zero attached hydrogens (tertiary/aromatic N) is 4. The quantitative estimate of drug-likeness (QED) is 0.649. The Labute approximate surface area is 122 Å². The summed E-state index contributed by atoms with van der Waals surface area (Å²) in [4.78, 5) is 15.4. The summed E-state index contributed by atoms with van der Waals surface area (Å²) in [5, 5.41) is 8.14. The van der Waals surface area contributed by atoms with Crippen molar-refractivity contribution in [1.82, 2.24) is 9.66 Å². The molecule has 0 atom stereocenters. The Bertz CT molecular complexity index is 667. The van der Waals surface area contributed by atoms with Crippen LogP contribution in [0.15, 0.2) is 51.5 Å². The third-order valence-corrected chi connectivity index (χ3v) is 2.68. The minimum absolute atomic E-state index is 0.196. The summed E-state index contributed by atoms with van der Waals surface area (Å²) in [5.41, 5.74) is 6.11. The Morgan fingerprint density at radius 2 is 2.10 bits per heavy atom. The second kappa shape index (κ2) is 7.30. The highest BCUT2D eigenvalue weighted by molar-refractivity contribution is 5.35. The zero-order valence-electron chi connectivity index (χ0n) is 11.8. The highest BCUT2D eigenvalue weighted by Gasteiger charge is 2.07. The Balaban J connectivity index is 2.28. The minimum atomic E-state index is -0.398. The third kappa shape index (κ3) is 4.22. The molecule has 2 rings (SSSR count). The maximum atomic E-state index is 11.5. The van der Waals surface area contributed by atoms with E-state index in [1.807, 2.05) is 37.3 Å². The van der Waals surface area contributed by atoms with Crippen molar-refractivity contribution in [2.75, 3.05) is 18.9 Å². The topological polar surface area (TPSA) is 94.9 Å². The maximum Gasteiger partial charge on any atom is 0.275 e. The highest BCUT2D eigenvalue weighted by atomic mass is 16.5. The second-order valence-electron chi connectivity index (χ2n) is 4.22. The summed E-state index contributed by atoms with van der Waals surface area (Å²) in [6.07, 6.45) is 0.432. The van der Waals surface area contributed by atoms with Crippen molar-refractivity contribution in [3.63, 3.8) is 0 Å². The normalized spacial score (nSPS) is 11.1. The molecule has 0 aliphatic rings. The lowest BCUT2D eigenvalue weighted by atomic mass is 10.3. The molecule has 1 aromatic carbocycles. The molecule has 0 amide bonds. The van der Waals surface area contributed by atoms with Crippen LogP contribution in [0.5, 0.6) is 0 Å². The van der Waals surface area contributed by atoms with Crippen LogP contribution in [-0.4, -0.2) is 22.9 Å². The maximum absolute atomic E-state index is 11.5. The molecule has 1 heterocycles. The van der Waals surface area contributed by atoms with Gasteiger partial charge in [-0.15, -0.1) is 5.11 Å². The van der Waals surface area contributed by atoms with Crippen LogP contribution in [0.4, 0.5) is 11.5 Å². The van der Waals surface area contributed by atoms with Crippen molar-refractivity contribution in [2.24, 2.45) is 10.3 Å². The van der Waals surface area contributed by atoms with E-state index in [0.717, 1.165) is 0 Å². The van der Waals surface area contributed by atoms with E-state index in [0.29, 0.717) is 31.1 Å². The Hall–Kier alpha value is -2.54. The van der Waals surface area contributed by atoms with Crippen molar-refractivity contribution in [1.29, 1.82) is 0 Å². The zero-order chi connectivity index (χ0) is 15.1. The van der Waals surface area contributed by atoms with Crippen LogP contribution in [0.25, 0.3) is 0 Å². The van der Waals surface area contributed by atoms with E-state index in [1.54, 1.807) is 0 Å². The van der Waals surface area contributed by atoms with Crippen molar-refractivity contribution in [2.45, 2.75) is 13.3 Å². The van der Waals surface area contributed by atoms with Gasteiger partial charge >= 0.3 is 0 Å². The predicted octanol–water partition coefficient (Wildman–Crippen LogP) is 1.95. The molecule has 0 bridgehead atoms. The van der Waals surface area contributed by atoms with Gasteiger partial charge in [-0.2, -0.15) is 9.66 Å². The molecule has 0 saturated carbocycles. The molecule has 0 aliphatic heterocycles. The second-order valence-corrected chi connectivity index (χ2v) is 4.22. The van der Waals surface area contributed by atoms with Gasteiger partial charge in [-0.1, -0.05) is 23.4 Å². The number of hydrogen-bond acceptors (Lipinski definition) is 6. The Kier molecular flexibility index (Phi) is 5.16. The van der Waals surface area contributed by atoms with Crippen LogP contribution in [0, 0.1) is 0 Å². The van der Waals surface area contributed by atoms with Gasteiger partial charge in [-0.3, -0.25) is 4.79 Å². The molecule has 1 aromatic heterocycles. The first-order chi connectivity index (χ1) is 10.2. The van der Waals surface area contributed by atoms with E-state index in [1.165, 1.54) is 10.7 Å². The molecule has 0 aliphatic carbocycles. The van der Waals surface area contributed by atoms with Crippen LogP contribution in [0.3, 0.4) is 0 Å². The standard InChI is InChI=1S/C14H17N5O2/c1-2-21-9-8-13-16-14(20)10-12(15)19(13)18-17-11-6-4-3-5-7-11/h3-7,10H,2,8-9,15H2,1H3. The van der Waals surface area contributed by atoms with E-state index in [2.05, 4.69) is 15.3 Å². The van der Waals surface area contributed by atoms with Crippen molar-refractivity contribution < 1.29 is 4.74 Å². The van der Waals surface area contributed by atoms with Gasteiger partial charge in [-0.25, -0.2) is 0 Å². The molecule has 7 nitrogen and oxygen atoms in total. The summed E-state index contributed by atoms with van der Waals surface area (Å²) >= 11 is 0. The monoisotopic (exact) mass is 287 g/mol. The Morgan fingerprint density at radius 1 is 1.33 bits per heavy atom. The van der Waals surface area contributed by atoms with Gasteiger partial charge in [0, 0.05) is 19.1 Å². The summed E-state index contributed by atoms with van der Waals surface area (Å²) in [5.74, 6) is 0.620. The average molecular weight is 287 g/mol. The number of hydrogen-bond donors (Lipinski definition) is 1. The number of ether oxygens (including phenoxy) is 1. The van der Waals surface area contributed by atoms with Crippen LogP contribution < -0.4 is 11.3 Å². The number of rotatable bonds is 6. The van der Waals surface area contributed by atoms with Crippen LogP contribution >= 0.6 is 0 Å². The molecule has 0 unspecified atom stereocenters. The van der Waals surface area contributed by atoms with Gasteiger partial charge in [0.15, 0.2) is 0 Å². The molecule has 0 fully saturated rings. The van der Waals surface area contributed by atoms with Gasteiger partial charge in [-0.05, 0) is 19.1 Å². The van der Waals surface area contributed by atoms with E-state index in [4.69, 9.17) is 10.5 Å². The molecule has 7 heteroatoms. The molecule has 21 heavy (non-hydrogen) atoms. The fourth-order valence-corrected chi connectivity index (χ4v) is 1.71. The largest absolute Gasteiger partial charge is 0.383 e. The Morgan fingerprint density at radius 3 is 2.81 bits per heavy atom. The van der Waals surface area contributed by atoms with Crippen molar-refractivity contribution >= 4 is 11.5 Å². The summed E-state index contributed by atoms with van der Waals surface area (Å²) in [7, 11) is 0. The fraction of sp³-hybridized carbons (Fsp3) is 0.286. The van der Waals surface area contributed by atoms with Crippen molar-refractivity contribution in [3.8, 4) is 0 Å². The number of anilines is 1. The average Bonchev–Trinajstić information content (AvgIpc) is 2.47. The van der Waals surface area contributed by atoms with Crippen LogP contribution in [-0.2, 0) is 11.2 Å². The molecule has 2 N–H and O–H groups in total. The van der Waals surface area contributed by atoms with Crippen LogP contribution in [0.1, 0.15) is 12.7 Å². The number of nitrogens with two attached hydrogens (primary N) is 1. The zero-order valence-corrected chi connectivity index (χ0v) is 11.8. The lowest BCUT2D eigenvalue weighted by molar-refractivity contribution is 0.148. The lowest BCUT2D eigenvalue weighted by Crippen LogP contribution is -2.19. The van der Waals surface area contributed by atoms with E-state index < -0.39 is 5.56 Å².